The van der Waals surface area contributed by atoms with E-state index in [9.17, 15) is 13.2 Å². The quantitative estimate of drug-likeness (QED) is 0.795. The molecular formula is C14H11N3O3S2. The van der Waals surface area contributed by atoms with Crippen molar-refractivity contribution in [3.8, 4) is 0 Å². The van der Waals surface area contributed by atoms with Crippen LogP contribution in [0.25, 0.3) is 0 Å². The van der Waals surface area contributed by atoms with E-state index in [0.717, 1.165) is 15.3 Å². The molecule has 0 aromatic carbocycles. The van der Waals surface area contributed by atoms with Crippen molar-refractivity contribution in [2.75, 3.05) is 5.32 Å². The molecule has 0 atom stereocenters. The molecule has 6 nitrogen and oxygen atoms in total. The summed E-state index contributed by atoms with van der Waals surface area (Å²) < 4.78 is 25.9. The summed E-state index contributed by atoms with van der Waals surface area (Å²) in [7, 11) is -3.61. The fourth-order valence-corrected chi connectivity index (χ4v) is 4.10. The number of pyridine rings is 1. The van der Waals surface area contributed by atoms with Gasteiger partial charge in [-0.1, -0.05) is 12.1 Å². The molecule has 0 saturated carbocycles. The van der Waals surface area contributed by atoms with Gasteiger partial charge in [0.1, 0.15) is 9.90 Å². The third kappa shape index (κ3) is 2.78. The molecule has 8 heteroatoms. The molecule has 3 rings (SSSR count). The second-order valence-electron chi connectivity index (χ2n) is 4.34. The summed E-state index contributed by atoms with van der Waals surface area (Å²) in [4.78, 5) is 15.9. The largest absolute Gasteiger partial charge is 0.319 e. The lowest BCUT2D eigenvalue weighted by Gasteiger charge is -2.03. The van der Waals surface area contributed by atoms with Crippen LogP contribution in [0.2, 0.25) is 0 Å². The van der Waals surface area contributed by atoms with Gasteiger partial charge in [-0.2, -0.15) is 8.42 Å². The zero-order valence-corrected chi connectivity index (χ0v) is 12.8. The van der Waals surface area contributed by atoms with Crippen molar-refractivity contribution < 1.29 is 13.2 Å². The van der Waals surface area contributed by atoms with E-state index in [1.165, 1.54) is 30.7 Å². The van der Waals surface area contributed by atoms with E-state index in [2.05, 4.69) is 10.3 Å². The van der Waals surface area contributed by atoms with E-state index in [1.54, 1.807) is 29.6 Å². The predicted molar refractivity (Wildman–Crippen MR) is 83.5 cm³/mol. The minimum Gasteiger partial charge on any atom is -0.319 e. The van der Waals surface area contributed by atoms with Crippen LogP contribution in [0.4, 0.5) is 5.69 Å². The van der Waals surface area contributed by atoms with E-state index in [-0.39, 0.29) is 9.90 Å². The van der Waals surface area contributed by atoms with Crippen LogP contribution in [-0.2, 0) is 10.0 Å². The zero-order chi connectivity index (χ0) is 15.6. The van der Waals surface area contributed by atoms with Gasteiger partial charge in [-0.3, -0.25) is 9.78 Å². The van der Waals surface area contributed by atoms with Gasteiger partial charge in [-0.05, 0) is 29.6 Å². The highest BCUT2D eigenvalue weighted by molar-refractivity contribution is 7.92. The number of hydrogen-bond donors (Lipinski definition) is 1. The van der Waals surface area contributed by atoms with E-state index in [4.69, 9.17) is 0 Å². The van der Waals surface area contributed by atoms with Crippen LogP contribution in [0.5, 0.6) is 0 Å². The Morgan fingerprint density at radius 3 is 2.73 bits per heavy atom. The molecule has 1 N–H and O–H groups in total. The van der Waals surface area contributed by atoms with Gasteiger partial charge in [0.2, 0.25) is 0 Å². The molecule has 0 aliphatic heterocycles. The van der Waals surface area contributed by atoms with Crippen LogP contribution in [-0.4, -0.2) is 23.3 Å². The summed E-state index contributed by atoms with van der Waals surface area (Å²) in [6.45, 7) is 0. The second kappa shape index (κ2) is 5.74. The molecule has 0 fully saturated rings. The molecule has 3 aromatic heterocycles. The number of amides is 1. The molecule has 3 aromatic rings. The van der Waals surface area contributed by atoms with Crippen molar-refractivity contribution in [1.29, 1.82) is 0 Å². The SMILES string of the molecule is O=C(Nc1ccn(S(=O)(=O)c2cccs2)c1)c1ccccn1. The summed E-state index contributed by atoms with van der Waals surface area (Å²) >= 11 is 1.14. The maximum atomic E-state index is 12.3. The van der Waals surface area contributed by atoms with Crippen molar-refractivity contribution in [1.82, 2.24) is 8.96 Å². The molecule has 0 aliphatic rings. The van der Waals surface area contributed by atoms with Crippen LogP contribution in [0.3, 0.4) is 0 Å². The first-order chi connectivity index (χ1) is 10.6. The molecule has 3 heterocycles. The molecule has 0 saturated heterocycles. The van der Waals surface area contributed by atoms with Crippen molar-refractivity contribution in [3.05, 3.63) is 66.1 Å². The van der Waals surface area contributed by atoms with E-state index in [0.29, 0.717) is 5.69 Å². The first kappa shape index (κ1) is 14.5. The van der Waals surface area contributed by atoms with Gasteiger partial charge >= 0.3 is 0 Å². The molecule has 112 valence electrons. The Kier molecular flexibility index (Phi) is 3.78. The highest BCUT2D eigenvalue weighted by Gasteiger charge is 2.18. The average molecular weight is 333 g/mol. The van der Waals surface area contributed by atoms with Crippen LogP contribution >= 0.6 is 11.3 Å². The normalized spacial score (nSPS) is 11.3. The Hall–Kier alpha value is -2.45. The lowest BCUT2D eigenvalue weighted by atomic mass is 10.3. The van der Waals surface area contributed by atoms with E-state index >= 15 is 0 Å². The molecule has 0 aliphatic carbocycles. The minimum absolute atomic E-state index is 0.241. The number of hydrogen-bond acceptors (Lipinski definition) is 5. The van der Waals surface area contributed by atoms with Crippen molar-refractivity contribution >= 4 is 33.0 Å². The summed E-state index contributed by atoms with van der Waals surface area (Å²) in [5, 5.41) is 4.31. The summed E-state index contributed by atoms with van der Waals surface area (Å²) in [5.74, 6) is -0.396. The van der Waals surface area contributed by atoms with Gasteiger partial charge in [-0.15, -0.1) is 11.3 Å². The lowest BCUT2D eigenvalue weighted by Crippen LogP contribution is -2.13. The average Bonchev–Trinajstić information content (AvgIpc) is 3.20. The van der Waals surface area contributed by atoms with Gasteiger partial charge in [0.05, 0.1) is 5.69 Å². The van der Waals surface area contributed by atoms with Gasteiger partial charge < -0.3 is 5.32 Å². The summed E-state index contributed by atoms with van der Waals surface area (Å²) in [6, 6.07) is 9.72. The highest BCUT2D eigenvalue weighted by atomic mass is 32.2. The first-order valence-electron chi connectivity index (χ1n) is 6.27. The molecule has 0 bridgehead atoms. The van der Waals surface area contributed by atoms with Gasteiger partial charge in [-0.25, -0.2) is 3.97 Å². The Labute approximate surface area is 131 Å². The fraction of sp³-hybridized carbons (Fsp3) is 0. The van der Waals surface area contributed by atoms with Crippen molar-refractivity contribution in [2.24, 2.45) is 0 Å². The number of carbonyl (C=O) groups is 1. The molecular weight excluding hydrogens is 322 g/mol. The minimum atomic E-state index is -3.61. The lowest BCUT2D eigenvalue weighted by molar-refractivity contribution is 0.102. The summed E-state index contributed by atoms with van der Waals surface area (Å²) in [6.07, 6.45) is 4.26. The smallest absolute Gasteiger partial charge is 0.277 e. The number of nitrogens with one attached hydrogen (secondary N) is 1. The number of nitrogens with zero attached hydrogens (tertiary/aromatic N) is 2. The van der Waals surface area contributed by atoms with Crippen LogP contribution in [0.15, 0.2) is 64.6 Å². The Morgan fingerprint density at radius 2 is 2.05 bits per heavy atom. The van der Waals surface area contributed by atoms with Gasteiger partial charge in [0.15, 0.2) is 0 Å². The molecule has 0 spiro atoms. The Morgan fingerprint density at radius 1 is 1.18 bits per heavy atom. The van der Waals surface area contributed by atoms with Crippen molar-refractivity contribution in [3.63, 3.8) is 0 Å². The number of thiophene rings is 1. The zero-order valence-electron chi connectivity index (χ0n) is 11.2. The molecule has 1 amide bonds. The number of aromatic nitrogens is 2. The van der Waals surface area contributed by atoms with Crippen molar-refractivity contribution in [2.45, 2.75) is 4.21 Å². The van der Waals surface area contributed by atoms with E-state index in [1.807, 2.05) is 0 Å². The van der Waals surface area contributed by atoms with Crippen LogP contribution in [0, 0.1) is 0 Å². The molecule has 22 heavy (non-hydrogen) atoms. The predicted octanol–water partition coefficient (Wildman–Crippen LogP) is 2.43. The topological polar surface area (TPSA) is 81.1 Å². The Balaban J connectivity index is 1.82. The molecule has 0 unspecified atom stereocenters. The van der Waals surface area contributed by atoms with Gasteiger partial charge in [0.25, 0.3) is 15.9 Å². The third-order valence-electron chi connectivity index (χ3n) is 2.85. The number of anilines is 1. The summed E-state index contributed by atoms with van der Waals surface area (Å²) in [5.41, 5.74) is 0.646. The second-order valence-corrected chi connectivity index (χ2v) is 7.35. The monoisotopic (exact) mass is 333 g/mol. The van der Waals surface area contributed by atoms with Crippen LogP contribution < -0.4 is 5.32 Å². The fourth-order valence-electron chi connectivity index (χ4n) is 1.81. The first-order valence-corrected chi connectivity index (χ1v) is 8.59. The highest BCUT2D eigenvalue weighted by Crippen LogP contribution is 2.21. The number of rotatable bonds is 4. The van der Waals surface area contributed by atoms with E-state index < -0.39 is 15.9 Å². The maximum absolute atomic E-state index is 12.3. The number of carbonyl (C=O) groups excluding carboxylic acids is 1. The standard InChI is InChI=1S/C14H11N3O3S2/c18-14(12-4-1-2-7-15-12)16-11-6-8-17(10-11)22(19,20)13-5-3-9-21-13/h1-10H,(H,16,18). The molecule has 0 radical (unpaired) electrons. The Bertz CT molecular complexity index is 885. The van der Waals surface area contributed by atoms with Crippen LogP contribution in [0.1, 0.15) is 10.5 Å². The third-order valence-corrected chi connectivity index (χ3v) is 5.86. The van der Waals surface area contributed by atoms with Gasteiger partial charge in [0, 0.05) is 18.6 Å². The maximum Gasteiger partial charge on any atom is 0.277 e.